The number of aromatic hydroxyl groups is 1. The van der Waals surface area contributed by atoms with Crippen molar-refractivity contribution in [3.8, 4) is 5.75 Å². The number of carbonyl (C=O) groups excluding carboxylic acids is 1. The van der Waals surface area contributed by atoms with Gasteiger partial charge in [-0.2, -0.15) is 26.3 Å². The van der Waals surface area contributed by atoms with Crippen molar-refractivity contribution < 1.29 is 36.2 Å². The van der Waals surface area contributed by atoms with Gasteiger partial charge in [0.25, 0.3) is 5.91 Å². The summed E-state index contributed by atoms with van der Waals surface area (Å²) in [7, 11) is 0. The number of thiocarbonyl (C=S) groups is 1. The van der Waals surface area contributed by atoms with Crippen molar-refractivity contribution in [2.24, 2.45) is 0 Å². The summed E-state index contributed by atoms with van der Waals surface area (Å²) in [4.78, 5) is 12.2. The minimum atomic E-state index is -4.67. The third-order valence-electron chi connectivity index (χ3n) is 3.77. The Kier molecular flexibility index (Phi) is 6.12. The van der Waals surface area contributed by atoms with Crippen molar-refractivity contribution in [2.45, 2.75) is 26.2 Å². The molecule has 0 unspecified atom stereocenters. The Labute approximate surface area is 166 Å². The van der Waals surface area contributed by atoms with Gasteiger partial charge in [0, 0.05) is 5.56 Å². The molecule has 4 nitrogen and oxygen atoms in total. The van der Waals surface area contributed by atoms with Crippen molar-refractivity contribution in [1.29, 1.82) is 0 Å². The van der Waals surface area contributed by atoms with Crippen molar-refractivity contribution >= 4 is 28.9 Å². The number of hydrogen-bond donors (Lipinski definition) is 3. The second-order valence-electron chi connectivity index (χ2n) is 6.18. The summed E-state index contributed by atoms with van der Waals surface area (Å²) in [6.45, 7) is 2.66. The van der Waals surface area contributed by atoms with Gasteiger partial charge in [-0.3, -0.25) is 10.1 Å². The molecule has 0 aliphatic rings. The number of halogens is 6. The zero-order valence-corrected chi connectivity index (χ0v) is 15.7. The Morgan fingerprint density at radius 3 is 2.00 bits per heavy atom. The van der Waals surface area contributed by atoms with Crippen LogP contribution in [0.25, 0.3) is 0 Å². The quantitative estimate of drug-likeness (QED) is 0.345. The molecule has 1 amide bonds. The first kappa shape index (κ1) is 22.5. The van der Waals surface area contributed by atoms with E-state index in [1.54, 1.807) is 0 Å². The summed E-state index contributed by atoms with van der Waals surface area (Å²) in [5, 5.41) is 13.9. The van der Waals surface area contributed by atoms with E-state index in [2.05, 4.69) is 10.6 Å². The lowest BCUT2D eigenvalue weighted by molar-refractivity contribution is -0.138. The molecule has 2 aromatic rings. The lowest BCUT2D eigenvalue weighted by Crippen LogP contribution is -2.34. The minimum absolute atomic E-state index is 0.0103. The Hall–Kier alpha value is -2.82. The molecule has 0 fully saturated rings. The molecular weight excluding hydrogens is 422 g/mol. The minimum Gasteiger partial charge on any atom is -0.506 e. The Morgan fingerprint density at radius 1 is 0.931 bits per heavy atom. The van der Waals surface area contributed by atoms with Crippen LogP contribution in [0.3, 0.4) is 0 Å². The molecule has 0 radical (unpaired) electrons. The summed E-state index contributed by atoms with van der Waals surface area (Å²) < 4.78 is 76.9. The summed E-state index contributed by atoms with van der Waals surface area (Å²) in [6.07, 6.45) is -9.32. The number of alkyl halides is 6. The largest absolute Gasteiger partial charge is 0.506 e. The Bertz CT molecular complexity index is 947. The molecule has 29 heavy (non-hydrogen) atoms. The molecule has 0 aliphatic heterocycles. The predicted molar refractivity (Wildman–Crippen MR) is 97.7 cm³/mol. The first-order chi connectivity index (χ1) is 13.2. The van der Waals surface area contributed by atoms with E-state index in [4.69, 9.17) is 12.2 Å². The monoisotopic (exact) mass is 436 g/mol. The number of amides is 1. The van der Waals surface area contributed by atoms with Gasteiger partial charge in [-0.05, 0) is 67.5 Å². The number of rotatable bonds is 2. The first-order valence-corrected chi connectivity index (χ1v) is 8.31. The molecule has 3 N–H and O–H groups in total. The summed E-state index contributed by atoms with van der Waals surface area (Å²) in [6, 6.07) is 3.98. The average Bonchev–Trinajstić information content (AvgIpc) is 2.55. The number of hydrogen-bond acceptors (Lipinski definition) is 3. The zero-order valence-electron chi connectivity index (χ0n) is 14.9. The number of nitrogens with one attached hydrogen (secondary N) is 2. The second-order valence-corrected chi connectivity index (χ2v) is 6.59. The van der Waals surface area contributed by atoms with Crippen molar-refractivity contribution in [1.82, 2.24) is 5.32 Å². The van der Waals surface area contributed by atoms with Gasteiger partial charge in [-0.1, -0.05) is 0 Å². The van der Waals surface area contributed by atoms with Gasteiger partial charge in [-0.25, -0.2) is 0 Å². The van der Waals surface area contributed by atoms with Gasteiger partial charge >= 0.3 is 12.4 Å². The van der Waals surface area contributed by atoms with Gasteiger partial charge in [0.15, 0.2) is 5.11 Å². The molecule has 0 saturated heterocycles. The number of phenols is 1. The van der Waals surface area contributed by atoms with E-state index in [1.807, 2.05) is 0 Å². The maximum Gasteiger partial charge on any atom is 0.416 e. The fourth-order valence-corrected chi connectivity index (χ4v) is 2.69. The van der Waals surface area contributed by atoms with Crippen LogP contribution in [0.4, 0.5) is 32.0 Å². The molecule has 156 valence electrons. The van der Waals surface area contributed by atoms with Crippen LogP contribution in [-0.4, -0.2) is 16.1 Å². The molecule has 2 aromatic carbocycles. The number of phenolic OH excluding ortho intramolecular Hbond substituents is 1. The van der Waals surface area contributed by atoms with Crippen LogP contribution in [-0.2, 0) is 12.4 Å². The summed E-state index contributed by atoms with van der Waals surface area (Å²) >= 11 is 4.88. The summed E-state index contributed by atoms with van der Waals surface area (Å²) in [5.74, 6) is -1.72. The highest BCUT2D eigenvalue weighted by atomic mass is 32.1. The van der Waals surface area contributed by atoms with Crippen LogP contribution in [0.2, 0.25) is 0 Å². The van der Waals surface area contributed by atoms with Crippen molar-refractivity contribution in [2.75, 3.05) is 5.32 Å². The topological polar surface area (TPSA) is 61.4 Å². The van der Waals surface area contributed by atoms with Gasteiger partial charge in [-0.15, -0.1) is 0 Å². The van der Waals surface area contributed by atoms with E-state index in [0.717, 1.165) is 12.1 Å². The maximum absolute atomic E-state index is 12.9. The fourth-order valence-electron chi connectivity index (χ4n) is 2.49. The molecule has 0 spiro atoms. The van der Waals surface area contributed by atoms with Crippen LogP contribution in [0.1, 0.15) is 32.6 Å². The molecular formula is C18H14F6N2O2S. The van der Waals surface area contributed by atoms with E-state index in [0.29, 0.717) is 12.1 Å². The molecule has 0 heterocycles. The molecule has 0 aromatic heterocycles. The third kappa shape index (κ3) is 5.59. The fraction of sp³-hybridized carbons (Fsp3) is 0.222. The SMILES string of the molecule is Cc1cc(C(=O)NC(=S)Nc2c(C)cc(C(F)(F)F)cc2O)cc(C(F)(F)F)c1. The predicted octanol–water partition coefficient (Wildman–Crippen LogP) is 5.17. The van der Waals surface area contributed by atoms with Crippen molar-refractivity contribution in [3.63, 3.8) is 0 Å². The van der Waals surface area contributed by atoms with Crippen LogP contribution >= 0.6 is 12.2 Å². The maximum atomic E-state index is 12.9. The Balaban J connectivity index is 2.20. The summed E-state index contributed by atoms with van der Waals surface area (Å²) in [5.41, 5.74) is -2.40. The molecule has 0 atom stereocenters. The van der Waals surface area contributed by atoms with E-state index in [-0.39, 0.29) is 22.4 Å². The highest BCUT2D eigenvalue weighted by molar-refractivity contribution is 7.80. The third-order valence-corrected chi connectivity index (χ3v) is 3.98. The van der Waals surface area contributed by atoms with Crippen LogP contribution < -0.4 is 10.6 Å². The molecule has 0 bridgehead atoms. The highest BCUT2D eigenvalue weighted by Gasteiger charge is 2.33. The van der Waals surface area contributed by atoms with Gasteiger partial charge in [0.2, 0.25) is 0 Å². The zero-order chi connectivity index (χ0) is 22.1. The number of benzene rings is 2. The van der Waals surface area contributed by atoms with E-state index >= 15 is 0 Å². The standard InChI is InChI=1S/C18H14F6N2O2S/c1-8-3-10(6-11(4-8)17(19,20)21)15(28)26-16(29)25-14-9(2)5-12(7-13(14)27)18(22,23)24/h3-7,27H,1-2H3,(H2,25,26,28,29). The molecule has 11 heteroatoms. The van der Waals surface area contributed by atoms with Gasteiger partial charge in [0.1, 0.15) is 5.75 Å². The lowest BCUT2D eigenvalue weighted by atomic mass is 10.1. The van der Waals surface area contributed by atoms with Gasteiger partial charge < -0.3 is 10.4 Å². The van der Waals surface area contributed by atoms with Crippen LogP contribution in [0, 0.1) is 13.8 Å². The average molecular weight is 436 g/mol. The van der Waals surface area contributed by atoms with Gasteiger partial charge in [0.05, 0.1) is 16.8 Å². The number of anilines is 1. The first-order valence-electron chi connectivity index (χ1n) is 7.90. The van der Waals surface area contributed by atoms with E-state index < -0.39 is 40.2 Å². The van der Waals surface area contributed by atoms with E-state index in [1.165, 1.54) is 19.9 Å². The second kappa shape index (κ2) is 7.90. The van der Waals surface area contributed by atoms with Crippen LogP contribution in [0.15, 0.2) is 30.3 Å². The normalized spacial score (nSPS) is 11.9. The molecule has 0 saturated carbocycles. The molecule has 0 aliphatic carbocycles. The van der Waals surface area contributed by atoms with Crippen molar-refractivity contribution in [3.05, 3.63) is 58.1 Å². The van der Waals surface area contributed by atoms with Crippen LogP contribution in [0.5, 0.6) is 5.75 Å². The highest BCUT2D eigenvalue weighted by Crippen LogP contribution is 2.37. The van der Waals surface area contributed by atoms with E-state index in [9.17, 15) is 36.2 Å². The lowest BCUT2D eigenvalue weighted by Gasteiger charge is -2.16. The number of carbonyl (C=O) groups is 1. The molecule has 2 rings (SSSR count). The number of aryl methyl sites for hydroxylation is 2. The smallest absolute Gasteiger partial charge is 0.416 e. The Morgan fingerprint density at radius 2 is 1.48 bits per heavy atom.